The molecule has 6 nitrogen and oxygen atoms in total. The van der Waals surface area contributed by atoms with E-state index >= 15 is 0 Å². The second-order valence-corrected chi connectivity index (χ2v) is 15.7. The van der Waals surface area contributed by atoms with Crippen molar-refractivity contribution in [2.75, 3.05) is 13.2 Å². The van der Waals surface area contributed by atoms with Crippen molar-refractivity contribution in [3.8, 4) is 0 Å². The first kappa shape index (κ1) is 56.3. The normalized spacial score (nSPS) is 12.9. The number of hydrogen-bond donors (Lipinski definition) is 0. The van der Waals surface area contributed by atoms with Gasteiger partial charge in [0.15, 0.2) is 6.10 Å². The highest BCUT2D eigenvalue weighted by molar-refractivity contribution is 5.71. The molecule has 0 N–H and O–H groups in total. The van der Waals surface area contributed by atoms with Gasteiger partial charge in [-0.05, 0) is 89.9 Å². The fourth-order valence-corrected chi connectivity index (χ4v) is 6.32. The third-order valence-corrected chi connectivity index (χ3v) is 9.93. The summed E-state index contributed by atoms with van der Waals surface area (Å²) in [7, 11) is 0. The van der Waals surface area contributed by atoms with Crippen LogP contribution in [0.25, 0.3) is 0 Å². The molecule has 0 aromatic heterocycles. The van der Waals surface area contributed by atoms with Crippen LogP contribution >= 0.6 is 0 Å². The van der Waals surface area contributed by atoms with Gasteiger partial charge in [0.25, 0.3) is 0 Å². The van der Waals surface area contributed by atoms with E-state index in [1.165, 1.54) is 64.2 Å². The zero-order valence-corrected chi connectivity index (χ0v) is 38.7. The highest BCUT2D eigenvalue weighted by atomic mass is 16.6. The van der Waals surface area contributed by atoms with Crippen molar-refractivity contribution in [1.82, 2.24) is 0 Å². The van der Waals surface area contributed by atoms with E-state index in [1.54, 1.807) is 0 Å². The number of esters is 3. The fourth-order valence-electron chi connectivity index (χ4n) is 6.32. The van der Waals surface area contributed by atoms with Crippen molar-refractivity contribution in [3.05, 3.63) is 97.2 Å². The SMILES string of the molecule is CC\C=C/C=C\C=C/C=C\C=C/CCCCCC(=O)OCC(COC(=O)CCCCC/C=C\CCCCCCCC)OC(=O)CCCCCCCCC/C=C\C/C=C\CC. The molecule has 0 rings (SSSR count). The monoisotopic (exact) mass is 833 g/mol. The van der Waals surface area contributed by atoms with E-state index in [4.69, 9.17) is 14.2 Å². The van der Waals surface area contributed by atoms with Gasteiger partial charge in [-0.1, -0.05) is 195 Å². The predicted octanol–water partition coefficient (Wildman–Crippen LogP) is 15.8. The van der Waals surface area contributed by atoms with Gasteiger partial charge in [-0.3, -0.25) is 14.4 Å². The maximum Gasteiger partial charge on any atom is 0.306 e. The third kappa shape index (κ3) is 45.4. The fraction of sp³-hybridized carbons (Fsp3) is 0.648. The van der Waals surface area contributed by atoms with E-state index < -0.39 is 6.10 Å². The second kappa shape index (κ2) is 48.0. The van der Waals surface area contributed by atoms with E-state index in [2.05, 4.69) is 69.4 Å². The van der Waals surface area contributed by atoms with Crippen molar-refractivity contribution >= 4 is 17.9 Å². The summed E-state index contributed by atoms with van der Waals surface area (Å²) in [4.78, 5) is 37.9. The van der Waals surface area contributed by atoms with Crippen LogP contribution in [0, 0.1) is 0 Å². The van der Waals surface area contributed by atoms with E-state index in [-0.39, 0.29) is 31.1 Å². The molecule has 1 unspecified atom stereocenters. The minimum Gasteiger partial charge on any atom is -0.462 e. The van der Waals surface area contributed by atoms with Crippen LogP contribution in [-0.4, -0.2) is 37.2 Å². The highest BCUT2D eigenvalue weighted by Gasteiger charge is 2.19. The lowest BCUT2D eigenvalue weighted by atomic mass is 10.1. The van der Waals surface area contributed by atoms with E-state index in [9.17, 15) is 14.4 Å². The van der Waals surface area contributed by atoms with E-state index in [0.717, 1.165) is 103 Å². The van der Waals surface area contributed by atoms with Crippen LogP contribution in [0.15, 0.2) is 97.2 Å². The summed E-state index contributed by atoms with van der Waals surface area (Å²) >= 11 is 0. The van der Waals surface area contributed by atoms with Crippen molar-refractivity contribution in [2.45, 2.75) is 213 Å². The molecule has 340 valence electrons. The summed E-state index contributed by atoms with van der Waals surface area (Å²) in [6.07, 6.45) is 62.4. The zero-order valence-electron chi connectivity index (χ0n) is 38.7. The molecular weight excluding hydrogens is 745 g/mol. The van der Waals surface area contributed by atoms with Gasteiger partial charge in [0.1, 0.15) is 13.2 Å². The topological polar surface area (TPSA) is 78.9 Å². The first-order valence-electron chi connectivity index (χ1n) is 24.3. The van der Waals surface area contributed by atoms with Gasteiger partial charge >= 0.3 is 17.9 Å². The van der Waals surface area contributed by atoms with Gasteiger partial charge in [0.05, 0.1) is 0 Å². The minimum absolute atomic E-state index is 0.104. The molecule has 0 heterocycles. The quantitative estimate of drug-likeness (QED) is 0.0200. The van der Waals surface area contributed by atoms with Crippen molar-refractivity contribution in [3.63, 3.8) is 0 Å². The van der Waals surface area contributed by atoms with Crippen LogP contribution in [0.2, 0.25) is 0 Å². The Morgan fingerprint density at radius 3 is 1.23 bits per heavy atom. The van der Waals surface area contributed by atoms with Gasteiger partial charge in [0.2, 0.25) is 0 Å². The Morgan fingerprint density at radius 2 is 0.733 bits per heavy atom. The molecule has 0 bridgehead atoms. The predicted molar refractivity (Wildman–Crippen MR) is 256 cm³/mol. The van der Waals surface area contributed by atoms with Crippen LogP contribution in [0.5, 0.6) is 0 Å². The summed E-state index contributed by atoms with van der Waals surface area (Å²) < 4.78 is 16.7. The Balaban J connectivity index is 4.51. The standard InChI is InChI=1S/C54H88O6/c1-4-7-10-13-16-19-22-25-27-30-32-35-38-41-44-47-53(56)59-50-51(49-58-52(55)46-43-40-37-34-31-28-24-21-18-15-12-9-6-3)60-54(57)48-45-42-39-36-33-29-26-23-20-17-14-11-8-5-2/h7-8,10-11,13,16-17,19-20,22,25,27-28,30-32,51H,4-6,9,12,14-15,18,21,23-24,26,29,33-50H2,1-3H3/b10-7-,11-8-,16-13-,20-17-,22-19-,27-25-,31-28-,32-30-. The number of unbranched alkanes of at least 4 members (excludes halogenated alkanes) is 19. The summed E-state index contributed by atoms with van der Waals surface area (Å²) in [6, 6.07) is 0. The first-order chi connectivity index (χ1) is 29.5. The molecule has 6 heteroatoms. The largest absolute Gasteiger partial charge is 0.462 e. The average molecular weight is 833 g/mol. The molecule has 0 aliphatic rings. The van der Waals surface area contributed by atoms with Crippen molar-refractivity contribution in [2.24, 2.45) is 0 Å². The van der Waals surface area contributed by atoms with Crippen LogP contribution in [-0.2, 0) is 28.6 Å². The Labute approximate surface area is 368 Å². The third-order valence-electron chi connectivity index (χ3n) is 9.93. The molecule has 0 fully saturated rings. The summed E-state index contributed by atoms with van der Waals surface area (Å²) in [5.74, 6) is -0.976. The van der Waals surface area contributed by atoms with Gasteiger partial charge in [-0.2, -0.15) is 0 Å². The van der Waals surface area contributed by atoms with Gasteiger partial charge in [-0.15, -0.1) is 0 Å². The van der Waals surface area contributed by atoms with Crippen LogP contribution < -0.4 is 0 Å². The Morgan fingerprint density at radius 1 is 0.367 bits per heavy atom. The number of carbonyl (C=O) groups is 3. The number of ether oxygens (including phenoxy) is 3. The number of rotatable bonds is 42. The van der Waals surface area contributed by atoms with Crippen molar-refractivity contribution in [1.29, 1.82) is 0 Å². The molecular formula is C54H88O6. The van der Waals surface area contributed by atoms with Gasteiger partial charge < -0.3 is 14.2 Å². The Bertz CT molecular complexity index is 1230. The summed E-state index contributed by atoms with van der Waals surface area (Å²) in [5.41, 5.74) is 0. The van der Waals surface area contributed by atoms with E-state index in [0.29, 0.717) is 19.3 Å². The molecule has 60 heavy (non-hydrogen) atoms. The maximum atomic E-state index is 12.8. The minimum atomic E-state index is -0.805. The Kier molecular flexibility index (Phi) is 45.1. The second-order valence-electron chi connectivity index (χ2n) is 15.7. The maximum absolute atomic E-state index is 12.8. The van der Waals surface area contributed by atoms with Gasteiger partial charge in [-0.25, -0.2) is 0 Å². The number of allylic oxidation sites excluding steroid dienone is 16. The molecule has 0 radical (unpaired) electrons. The molecule has 0 aliphatic heterocycles. The molecule has 1 atom stereocenters. The van der Waals surface area contributed by atoms with Gasteiger partial charge in [0, 0.05) is 19.3 Å². The highest BCUT2D eigenvalue weighted by Crippen LogP contribution is 2.13. The molecule has 0 aliphatic carbocycles. The first-order valence-corrected chi connectivity index (χ1v) is 24.3. The summed E-state index contributed by atoms with van der Waals surface area (Å²) in [6.45, 7) is 6.31. The molecule has 0 amide bonds. The lowest BCUT2D eigenvalue weighted by molar-refractivity contribution is -0.167. The Hall–Kier alpha value is -3.67. The smallest absolute Gasteiger partial charge is 0.306 e. The zero-order chi connectivity index (χ0) is 43.7. The summed E-state index contributed by atoms with van der Waals surface area (Å²) in [5, 5.41) is 0. The van der Waals surface area contributed by atoms with E-state index in [1.807, 2.05) is 48.6 Å². The molecule has 0 aromatic carbocycles. The molecule has 0 aromatic rings. The molecule has 0 saturated carbocycles. The molecule has 0 spiro atoms. The van der Waals surface area contributed by atoms with Crippen LogP contribution in [0.4, 0.5) is 0 Å². The average Bonchev–Trinajstić information content (AvgIpc) is 3.24. The van der Waals surface area contributed by atoms with Crippen molar-refractivity contribution < 1.29 is 28.6 Å². The lowest BCUT2D eigenvalue weighted by Crippen LogP contribution is -2.30. The lowest BCUT2D eigenvalue weighted by Gasteiger charge is -2.18. The number of hydrogen-bond acceptors (Lipinski definition) is 6. The molecule has 0 saturated heterocycles. The van der Waals surface area contributed by atoms with Crippen LogP contribution in [0.1, 0.15) is 207 Å². The number of carbonyl (C=O) groups excluding carboxylic acids is 3. The van der Waals surface area contributed by atoms with Crippen LogP contribution in [0.3, 0.4) is 0 Å².